The number of pyridine rings is 1. The van der Waals surface area contributed by atoms with E-state index in [1.165, 1.54) is 11.1 Å². The number of hydrogen-bond acceptors (Lipinski definition) is 3. The molecule has 7 heteroatoms. The van der Waals surface area contributed by atoms with E-state index in [2.05, 4.69) is 206 Å². The Morgan fingerprint density at radius 2 is 1.18 bits per heavy atom. The summed E-state index contributed by atoms with van der Waals surface area (Å²) < 4.78 is 75.3. The van der Waals surface area contributed by atoms with Crippen LogP contribution in [-0.4, -0.2) is 14.1 Å². The third kappa shape index (κ3) is 9.45. The van der Waals surface area contributed by atoms with Crippen LogP contribution in [0.25, 0.3) is 128 Å². The molecule has 5 heterocycles. The van der Waals surface area contributed by atoms with E-state index < -0.39 is 19.1 Å². The maximum absolute atomic E-state index is 9.27. The molecule has 452 valence electrons. The van der Waals surface area contributed by atoms with Gasteiger partial charge in [0.1, 0.15) is 17.0 Å². The van der Waals surface area contributed by atoms with E-state index in [-0.39, 0.29) is 54.0 Å². The van der Waals surface area contributed by atoms with Crippen LogP contribution in [0.5, 0.6) is 11.5 Å². The number of aromatic nitrogens is 4. The van der Waals surface area contributed by atoms with Crippen molar-refractivity contribution < 1.29 is 43.0 Å². The predicted molar refractivity (Wildman–Crippen MR) is 370 cm³/mol. The summed E-state index contributed by atoms with van der Waals surface area (Å²) in [5.74, 6) is 1.69. The SMILES string of the molecule is [2H]C([2H])([2H])c1cccc(C([2H])([2H])[2H])c1-c1cc(C(C)(C)C)cc2c1-[n+]1[c-]n(-c3[c-]c(Oc4[c-]c5c(cc4)c4ccccc4n5-c4cc(C(C)(C)C)ccn4)ccc3)c3cc(-c4ccc5oc6ccccc6c5c4)cc(c31)-c1ccccc1-c1cc3c(cc1-2)C(C)(C)CCC3(C)C.[Pt]. The average Bonchev–Trinajstić information content (AvgIpc) is 1.56. The van der Waals surface area contributed by atoms with E-state index in [1.807, 2.05) is 71.4 Å². The molecule has 0 saturated heterocycles. The summed E-state index contributed by atoms with van der Waals surface area (Å²) in [6, 6.07) is 71.3. The smallest absolute Gasteiger partial charge is 0.268 e. The third-order valence-corrected chi connectivity index (χ3v) is 19.4. The maximum Gasteiger partial charge on any atom is 0.268 e. The largest absolute Gasteiger partial charge is 0.510 e. The van der Waals surface area contributed by atoms with E-state index in [9.17, 15) is 8.22 Å². The van der Waals surface area contributed by atoms with Gasteiger partial charge in [-0.2, -0.15) is 18.2 Å². The Hall–Kier alpha value is -9.09. The summed E-state index contributed by atoms with van der Waals surface area (Å²) >= 11 is 0. The van der Waals surface area contributed by atoms with Crippen LogP contribution in [-0.2, 0) is 42.7 Å². The fourth-order valence-corrected chi connectivity index (χ4v) is 14.3. The number of rotatable bonds is 6. The van der Waals surface area contributed by atoms with Crippen molar-refractivity contribution in [1.29, 1.82) is 0 Å². The first-order valence-electron chi connectivity index (χ1n) is 34.3. The van der Waals surface area contributed by atoms with Crippen LogP contribution in [0.1, 0.15) is 124 Å². The van der Waals surface area contributed by atoms with Crippen LogP contribution in [0.15, 0.2) is 199 Å². The first kappa shape index (κ1) is 51.6. The van der Waals surface area contributed by atoms with Crippen LogP contribution < -0.4 is 9.30 Å². The minimum absolute atomic E-state index is 0. The van der Waals surface area contributed by atoms with E-state index in [1.54, 1.807) is 18.2 Å². The molecule has 0 atom stereocenters. The molecule has 0 amide bonds. The summed E-state index contributed by atoms with van der Waals surface area (Å²) in [4.78, 5) is 4.93. The van der Waals surface area contributed by atoms with Gasteiger partial charge in [0.25, 0.3) is 6.33 Å². The number of aryl methyl sites for hydroxylation is 2. The molecule has 6 nitrogen and oxygen atoms in total. The normalized spacial score (nSPS) is 15.4. The second kappa shape index (κ2) is 21.0. The molecule has 0 fully saturated rings. The first-order valence-corrected chi connectivity index (χ1v) is 31.3. The summed E-state index contributed by atoms with van der Waals surface area (Å²) in [6.07, 6.45) is 7.81. The maximum atomic E-state index is 9.27. The van der Waals surface area contributed by atoms with Crippen LogP contribution in [0.3, 0.4) is 0 Å². The fraction of sp³-hybridized carbons (Fsp3) is 0.214. The van der Waals surface area contributed by atoms with Crippen molar-refractivity contribution in [3.63, 3.8) is 0 Å². The van der Waals surface area contributed by atoms with Gasteiger partial charge in [-0.05, 0) is 197 Å². The van der Waals surface area contributed by atoms with Gasteiger partial charge in [-0.25, -0.2) is 4.98 Å². The molecule has 0 spiro atoms. The Bertz CT molecular complexity index is 5560. The Labute approximate surface area is 556 Å². The molecule has 10 aromatic carbocycles. The molecule has 16 rings (SSSR count). The minimum atomic E-state index is -2.73. The molecule has 91 heavy (non-hydrogen) atoms. The number of furan rings is 1. The number of nitrogens with zero attached hydrogens (tertiary/aromatic N) is 4. The molecule has 1 aliphatic heterocycles. The molecule has 0 N–H and O–H groups in total. The summed E-state index contributed by atoms with van der Waals surface area (Å²) in [5, 5.41) is 4.07. The number of hydrogen-bond donors (Lipinski definition) is 0. The third-order valence-electron chi connectivity index (χ3n) is 19.4. The van der Waals surface area contributed by atoms with Gasteiger partial charge in [0.2, 0.25) is 0 Å². The Morgan fingerprint density at radius 1 is 0.527 bits per heavy atom. The van der Waals surface area contributed by atoms with Crippen molar-refractivity contribution in [2.75, 3.05) is 0 Å². The van der Waals surface area contributed by atoms with E-state index in [4.69, 9.17) is 14.1 Å². The van der Waals surface area contributed by atoms with Crippen LogP contribution >= 0.6 is 0 Å². The van der Waals surface area contributed by atoms with Gasteiger partial charge in [-0.1, -0.05) is 184 Å². The Kier molecular flexibility index (Phi) is 11.9. The summed E-state index contributed by atoms with van der Waals surface area (Å²) in [6.45, 7) is 17.0. The van der Waals surface area contributed by atoms with E-state index in [0.29, 0.717) is 28.4 Å². The van der Waals surface area contributed by atoms with Gasteiger partial charge < -0.3 is 18.3 Å². The molecule has 1 aliphatic carbocycles. The van der Waals surface area contributed by atoms with Gasteiger partial charge in [-0.3, -0.25) is 4.57 Å². The zero-order valence-electron chi connectivity index (χ0n) is 58.8. The van der Waals surface area contributed by atoms with Crippen molar-refractivity contribution in [1.82, 2.24) is 14.1 Å². The number of imidazole rings is 1. The molecule has 0 bridgehead atoms. The van der Waals surface area contributed by atoms with Crippen molar-refractivity contribution >= 4 is 54.8 Å². The molecule has 2 aliphatic rings. The van der Waals surface area contributed by atoms with Gasteiger partial charge in [0.05, 0.1) is 16.7 Å². The fourth-order valence-electron chi connectivity index (χ4n) is 14.3. The Morgan fingerprint density at radius 3 is 1.91 bits per heavy atom. The monoisotopic (exact) mass is 1370 g/mol. The number of ether oxygens (including phenoxy) is 1. The second-order valence-electron chi connectivity index (χ2n) is 28.2. The van der Waals surface area contributed by atoms with Crippen molar-refractivity contribution in [3.05, 3.63) is 246 Å². The van der Waals surface area contributed by atoms with Gasteiger partial charge in [0, 0.05) is 63.3 Å². The molecule has 0 saturated carbocycles. The molecule has 0 unspecified atom stereocenters. The average molecular weight is 1370 g/mol. The van der Waals surface area contributed by atoms with Gasteiger partial charge in [0.15, 0.2) is 0 Å². The molecule has 0 radical (unpaired) electrons. The predicted octanol–water partition coefficient (Wildman–Crippen LogP) is 21.7. The zero-order valence-corrected chi connectivity index (χ0v) is 55.1. The van der Waals surface area contributed by atoms with Crippen molar-refractivity contribution in [3.8, 4) is 84.3 Å². The van der Waals surface area contributed by atoms with Crippen LogP contribution in [0.4, 0.5) is 0 Å². The molecular weight excluding hydrogens is 1290 g/mol. The number of para-hydroxylation sites is 2. The van der Waals surface area contributed by atoms with E-state index in [0.717, 1.165) is 129 Å². The number of benzene rings is 10. The van der Waals surface area contributed by atoms with Crippen LogP contribution in [0, 0.1) is 32.2 Å². The summed E-state index contributed by atoms with van der Waals surface area (Å²) in [7, 11) is 0. The van der Waals surface area contributed by atoms with Crippen molar-refractivity contribution in [2.45, 2.75) is 117 Å². The second-order valence-corrected chi connectivity index (χ2v) is 28.2. The zero-order chi connectivity index (χ0) is 66.9. The van der Waals surface area contributed by atoms with Gasteiger partial charge in [-0.15, -0.1) is 29.7 Å². The van der Waals surface area contributed by atoms with Crippen LogP contribution in [0.2, 0.25) is 0 Å². The molecule has 14 aromatic rings. The molecular formula is C84H72N4O2Pt-2. The Balaban J connectivity index is 0.00000770. The summed E-state index contributed by atoms with van der Waals surface area (Å²) in [5.41, 5.74) is 17.6. The topological polar surface area (TPSA) is 49.0 Å². The minimum Gasteiger partial charge on any atom is -0.510 e. The number of fused-ring (bicyclic) bond motifs is 14. The van der Waals surface area contributed by atoms with Crippen molar-refractivity contribution in [2.24, 2.45) is 0 Å². The molecule has 4 aromatic heterocycles. The standard InChI is InChI=1S/C84H72N4O2.Pt/c1-50-21-19-22-51(2)78(50)69-43-55(82(6,7)8)42-68-65-48-71-70(83(9,10)36-37-84(71,11)12)47-64(65)59-25-13-14-26-60(59)67-40-53(52-31-34-76-66(39-52)63-28-16-18-30-75(63)90-76)41-74-80(67)87(79(68)69)49-86(74)56-23-20-24-57(45-56)89-58-32-33-62-61-27-15-17-29-72(61)88(73(62)46-58)77-44-54(35-38-85-77)81(3,4)5;/h13-35,38-44,47-48H,36-37H2,1-12H3;/q-2;/i1D3,2D3;. The first-order chi connectivity index (χ1) is 45.6. The quantitative estimate of drug-likeness (QED) is 0.123. The van der Waals surface area contributed by atoms with Gasteiger partial charge >= 0.3 is 0 Å². The van der Waals surface area contributed by atoms with E-state index >= 15 is 0 Å².